The topological polar surface area (TPSA) is 69.8 Å². The summed E-state index contributed by atoms with van der Waals surface area (Å²) < 4.78 is 0. The van der Waals surface area contributed by atoms with Gasteiger partial charge in [0.2, 0.25) is 5.91 Å². The van der Waals surface area contributed by atoms with E-state index >= 15 is 0 Å². The summed E-state index contributed by atoms with van der Waals surface area (Å²) in [6.45, 7) is 1.50. The number of rotatable bonds is 3. The van der Waals surface area contributed by atoms with Crippen LogP contribution in [-0.4, -0.2) is 28.7 Å². The van der Waals surface area contributed by atoms with Crippen molar-refractivity contribution in [2.75, 3.05) is 6.54 Å². The van der Waals surface area contributed by atoms with Crippen molar-refractivity contribution in [1.82, 2.24) is 20.8 Å². The van der Waals surface area contributed by atoms with E-state index in [1.165, 1.54) is 0 Å². The molecule has 1 aliphatic rings. The maximum Gasteiger partial charge on any atom is 0.237 e. The largest absolute Gasteiger partial charge is 0.351 e. The number of nitrogens with one attached hydrogen (secondary N) is 3. The zero-order valence-corrected chi connectivity index (χ0v) is 7.92. The van der Waals surface area contributed by atoms with Gasteiger partial charge in [-0.15, -0.1) is 0 Å². The van der Waals surface area contributed by atoms with E-state index in [-0.39, 0.29) is 11.9 Å². The molecule has 1 aliphatic heterocycles. The minimum absolute atomic E-state index is 0.00176. The number of carbonyl (C=O) groups excluding carboxylic acids is 1. The third-order valence-electron chi connectivity index (χ3n) is 2.40. The van der Waals surface area contributed by atoms with Crippen molar-refractivity contribution in [3.05, 3.63) is 18.0 Å². The molecule has 5 heteroatoms. The molecule has 0 spiro atoms. The quantitative estimate of drug-likeness (QED) is 0.623. The summed E-state index contributed by atoms with van der Waals surface area (Å²) >= 11 is 0. The lowest BCUT2D eigenvalue weighted by Crippen LogP contribution is -2.39. The Bertz CT molecular complexity index is 290. The molecule has 0 saturated carbocycles. The summed E-state index contributed by atoms with van der Waals surface area (Å²) in [6.07, 6.45) is 5.52. The molecule has 1 aromatic heterocycles. The predicted octanol–water partition coefficient (Wildman–Crippen LogP) is -0.222. The van der Waals surface area contributed by atoms with Crippen LogP contribution in [-0.2, 0) is 11.3 Å². The molecule has 1 atom stereocenters. The summed E-state index contributed by atoms with van der Waals surface area (Å²) in [5.41, 5.74) is 0.997. The average Bonchev–Trinajstić information content (AvgIpc) is 2.87. The fourth-order valence-corrected chi connectivity index (χ4v) is 1.60. The number of H-pyrrole nitrogens is 1. The van der Waals surface area contributed by atoms with Crippen LogP contribution in [0.4, 0.5) is 0 Å². The number of aromatic amines is 1. The molecule has 1 amide bonds. The Kier molecular flexibility index (Phi) is 2.78. The maximum atomic E-state index is 11.5. The first-order chi connectivity index (χ1) is 6.86. The lowest BCUT2D eigenvalue weighted by Gasteiger charge is -2.09. The van der Waals surface area contributed by atoms with Crippen LogP contribution in [0.5, 0.6) is 0 Å². The highest BCUT2D eigenvalue weighted by atomic mass is 16.2. The lowest BCUT2D eigenvalue weighted by molar-refractivity contribution is -0.122. The Morgan fingerprint density at radius 2 is 2.64 bits per heavy atom. The molecule has 76 valence electrons. The van der Waals surface area contributed by atoms with E-state index in [1.807, 2.05) is 0 Å². The molecule has 1 saturated heterocycles. The van der Waals surface area contributed by atoms with Crippen molar-refractivity contribution in [3.63, 3.8) is 0 Å². The van der Waals surface area contributed by atoms with E-state index in [2.05, 4.69) is 20.8 Å². The smallest absolute Gasteiger partial charge is 0.237 e. The molecule has 2 rings (SSSR count). The molecule has 0 aromatic carbocycles. The van der Waals surface area contributed by atoms with Gasteiger partial charge in [0.25, 0.3) is 0 Å². The third-order valence-corrected chi connectivity index (χ3v) is 2.40. The summed E-state index contributed by atoms with van der Waals surface area (Å²) in [7, 11) is 0. The first-order valence-electron chi connectivity index (χ1n) is 4.85. The standard InChI is InChI=1S/C9H14N4O/c14-9(8-2-1-3-10-8)11-4-7-5-12-13-6-7/h5-6,8,10H,1-4H2,(H,11,14)(H,12,13)/t8-/m1/s1. The molecule has 1 aromatic rings. The van der Waals surface area contributed by atoms with E-state index in [9.17, 15) is 4.79 Å². The van der Waals surface area contributed by atoms with Gasteiger partial charge in [-0.25, -0.2) is 0 Å². The Labute approximate surface area is 82.3 Å². The number of hydrogen-bond donors (Lipinski definition) is 3. The van der Waals surface area contributed by atoms with Crippen molar-refractivity contribution in [2.45, 2.75) is 25.4 Å². The van der Waals surface area contributed by atoms with Gasteiger partial charge in [-0.05, 0) is 19.4 Å². The predicted molar refractivity (Wildman–Crippen MR) is 51.5 cm³/mol. The Balaban J connectivity index is 1.77. The highest BCUT2D eigenvalue weighted by Crippen LogP contribution is 2.04. The Morgan fingerprint density at radius 1 is 1.71 bits per heavy atom. The molecule has 0 bridgehead atoms. The van der Waals surface area contributed by atoms with Gasteiger partial charge in [0.1, 0.15) is 0 Å². The summed E-state index contributed by atoms with van der Waals surface area (Å²) in [5.74, 6) is 0.0868. The van der Waals surface area contributed by atoms with Gasteiger partial charge >= 0.3 is 0 Å². The summed E-state index contributed by atoms with van der Waals surface area (Å²) in [4.78, 5) is 11.5. The van der Waals surface area contributed by atoms with Crippen molar-refractivity contribution in [2.24, 2.45) is 0 Å². The van der Waals surface area contributed by atoms with Crippen molar-refractivity contribution < 1.29 is 4.79 Å². The van der Waals surface area contributed by atoms with Crippen LogP contribution < -0.4 is 10.6 Å². The van der Waals surface area contributed by atoms with Crippen LogP contribution in [0.1, 0.15) is 18.4 Å². The molecule has 0 aliphatic carbocycles. The van der Waals surface area contributed by atoms with Gasteiger partial charge in [-0.3, -0.25) is 9.89 Å². The molecular weight excluding hydrogens is 180 g/mol. The van der Waals surface area contributed by atoms with Crippen LogP contribution in [0.25, 0.3) is 0 Å². The SMILES string of the molecule is O=C(NCc1cn[nH]c1)[C@H]1CCCN1. The van der Waals surface area contributed by atoms with Gasteiger partial charge in [0, 0.05) is 18.3 Å². The number of carbonyl (C=O) groups is 1. The minimum atomic E-state index is 0.00176. The lowest BCUT2D eigenvalue weighted by atomic mass is 10.2. The summed E-state index contributed by atoms with van der Waals surface area (Å²) in [6, 6.07) is 0.00176. The molecule has 0 radical (unpaired) electrons. The van der Waals surface area contributed by atoms with E-state index < -0.39 is 0 Å². The highest BCUT2D eigenvalue weighted by molar-refractivity contribution is 5.81. The molecule has 14 heavy (non-hydrogen) atoms. The first-order valence-corrected chi connectivity index (χ1v) is 4.85. The second kappa shape index (κ2) is 4.23. The number of aromatic nitrogens is 2. The molecule has 2 heterocycles. The van der Waals surface area contributed by atoms with Gasteiger partial charge in [0.15, 0.2) is 0 Å². The highest BCUT2D eigenvalue weighted by Gasteiger charge is 2.21. The second-order valence-corrected chi connectivity index (χ2v) is 3.47. The van der Waals surface area contributed by atoms with Gasteiger partial charge in [-0.2, -0.15) is 5.10 Å². The molecular formula is C9H14N4O. The second-order valence-electron chi connectivity index (χ2n) is 3.47. The fraction of sp³-hybridized carbons (Fsp3) is 0.556. The van der Waals surface area contributed by atoms with Gasteiger partial charge < -0.3 is 10.6 Å². The molecule has 0 unspecified atom stereocenters. The third kappa shape index (κ3) is 2.11. The molecule has 1 fully saturated rings. The molecule has 3 N–H and O–H groups in total. The van der Waals surface area contributed by atoms with Gasteiger partial charge in [-0.1, -0.05) is 0 Å². The van der Waals surface area contributed by atoms with E-state index in [0.29, 0.717) is 6.54 Å². The number of amides is 1. The Hall–Kier alpha value is -1.36. The number of hydrogen-bond acceptors (Lipinski definition) is 3. The zero-order valence-electron chi connectivity index (χ0n) is 7.92. The van der Waals surface area contributed by atoms with E-state index in [4.69, 9.17) is 0 Å². The van der Waals surface area contributed by atoms with E-state index in [0.717, 1.165) is 24.9 Å². The first kappa shape index (κ1) is 9.21. The van der Waals surface area contributed by atoms with Crippen LogP contribution in [0.2, 0.25) is 0 Å². The fourth-order valence-electron chi connectivity index (χ4n) is 1.60. The molecule has 5 nitrogen and oxygen atoms in total. The van der Waals surface area contributed by atoms with Crippen LogP contribution >= 0.6 is 0 Å². The summed E-state index contributed by atoms with van der Waals surface area (Å²) in [5, 5.41) is 12.5. The van der Waals surface area contributed by atoms with Crippen LogP contribution in [0, 0.1) is 0 Å². The minimum Gasteiger partial charge on any atom is -0.351 e. The van der Waals surface area contributed by atoms with E-state index in [1.54, 1.807) is 12.4 Å². The van der Waals surface area contributed by atoms with Crippen LogP contribution in [0.15, 0.2) is 12.4 Å². The zero-order chi connectivity index (χ0) is 9.80. The van der Waals surface area contributed by atoms with Crippen molar-refractivity contribution in [3.8, 4) is 0 Å². The maximum absolute atomic E-state index is 11.5. The van der Waals surface area contributed by atoms with Gasteiger partial charge in [0.05, 0.1) is 12.2 Å². The normalized spacial score (nSPS) is 21.0. The van der Waals surface area contributed by atoms with Crippen molar-refractivity contribution >= 4 is 5.91 Å². The van der Waals surface area contributed by atoms with Crippen molar-refractivity contribution in [1.29, 1.82) is 0 Å². The monoisotopic (exact) mass is 194 g/mol. The van der Waals surface area contributed by atoms with Crippen LogP contribution in [0.3, 0.4) is 0 Å². The Morgan fingerprint density at radius 3 is 3.29 bits per heavy atom. The number of nitrogens with zero attached hydrogens (tertiary/aromatic N) is 1. The average molecular weight is 194 g/mol.